The smallest absolute Gasteiger partial charge is 0.272 e. The lowest BCUT2D eigenvalue weighted by Gasteiger charge is -2.25. The summed E-state index contributed by atoms with van der Waals surface area (Å²) in [4.78, 5) is 15.3. The van der Waals surface area contributed by atoms with Gasteiger partial charge in [0.25, 0.3) is 5.91 Å². The molecule has 0 radical (unpaired) electrons. The van der Waals surface area contributed by atoms with Crippen molar-refractivity contribution < 1.29 is 13.2 Å². The molecule has 25 heavy (non-hydrogen) atoms. The molecule has 0 bridgehead atoms. The number of aromatic nitrogens is 1. The van der Waals surface area contributed by atoms with Crippen LogP contribution in [0.5, 0.6) is 0 Å². The Labute approximate surface area is 148 Å². The Balaban J connectivity index is 1.75. The van der Waals surface area contributed by atoms with E-state index in [0.717, 1.165) is 31.2 Å². The number of nitrogens with one attached hydrogen (secondary N) is 2. The van der Waals surface area contributed by atoms with Crippen molar-refractivity contribution in [1.82, 2.24) is 9.29 Å². The van der Waals surface area contributed by atoms with Crippen molar-refractivity contribution in [3.63, 3.8) is 0 Å². The summed E-state index contributed by atoms with van der Waals surface area (Å²) in [6.45, 7) is 3.13. The van der Waals surface area contributed by atoms with Crippen LogP contribution in [0.25, 0.3) is 0 Å². The van der Waals surface area contributed by atoms with Crippen molar-refractivity contribution in [3.05, 3.63) is 47.8 Å². The molecule has 1 amide bonds. The molecule has 0 spiro atoms. The molecule has 134 valence electrons. The molecular formula is C18H23N3O3S. The van der Waals surface area contributed by atoms with Gasteiger partial charge >= 0.3 is 0 Å². The molecule has 0 unspecified atom stereocenters. The molecule has 2 heterocycles. The fourth-order valence-electron chi connectivity index (χ4n) is 2.98. The van der Waals surface area contributed by atoms with Crippen molar-refractivity contribution in [2.24, 2.45) is 0 Å². The number of hydrogen-bond donors (Lipinski definition) is 2. The van der Waals surface area contributed by atoms with Gasteiger partial charge in [0.1, 0.15) is 10.6 Å². The van der Waals surface area contributed by atoms with E-state index in [0.29, 0.717) is 18.8 Å². The Kier molecular flexibility index (Phi) is 5.24. The molecule has 6 nitrogen and oxygen atoms in total. The highest BCUT2D eigenvalue weighted by Crippen LogP contribution is 2.21. The summed E-state index contributed by atoms with van der Waals surface area (Å²) >= 11 is 0. The van der Waals surface area contributed by atoms with E-state index in [4.69, 9.17) is 0 Å². The van der Waals surface area contributed by atoms with Gasteiger partial charge in [-0.1, -0.05) is 25.5 Å². The summed E-state index contributed by atoms with van der Waals surface area (Å²) in [6.07, 6.45) is 5.09. The molecule has 1 aromatic carbocycles. The quantitative estimate of drug-likeness (QED) is 0.859. The lowest BCUT2D eigenvalue weighted by molar-refractivity contribution is 0.102. The molecular weight excluding hydrogens is 338 g/mol. The number of carbonyl (C=O) groups is 1. The Morgan fingerprint density at radius 1 is 1.20 bits per heavy atom. The third-order valence-electron chi connectivity index (χ3n) is 4.45. The van der Waals surface area contributed by atoms with Crippen LogP contribution in [0.3, 0.4) is 0 Å². The Morgan fingerprint density at radius 2 is 1.96 bits per heavy atom. The topological polar surface area (TPSA) is 82.3 Å². The zero-order valence-corrected chi connectivity index (χ0v) is 15.1. The number of aryl methyl sites for hydroxylation is 1. The van der Waals surface area contributed by atoms with Gasteiger partial charge in [-0.25, -0.2) is 8.42 Å². The average Bonchev–Trinajstić information content (AvgIpc) is 3.14. The van der Waals surface area contributed by atoms with Crippen molar-refractivity contribution >= 4 is 21.6 Å². The molecule has 3 rings (SSSR count). The predicted octanol–water partition coefficient (Wildman–Crippen LogP) is 3.00. The first-order valence-electron chi connectivity index (χ1n) is 8.59. The van der Waals surface area contributed by atoms with Crippen LogP contribution in [0.1, 0.15) is 42.2 Å². The van der Waals surface area contributed by atoms with Crippen LogP contribution < -0.4 is 5.32 Å². The standard InChI is InChI=1S/C18H23N3O3S/c1-2-14-7-6-8-15(11-14)20-18(22)17-12-16(13-19-17)25(23,24)21-9-4-3-5-10-21/h6-8,11-13,19H,2-5,9-10H2,1H3,(H,20,22). The summed E-state index contributed by atoms with van der Waals surface area (Å²) in [5.41, 5.74) is 2.05. The van der Waals surface area contributed by atoms with Crippen molar-refractivity contribution in [3.8, 4) is 0 Å². The van der Waals surface area contributed by atoms with Crippen LogP contribution in [0.2, 0.25) is 0 Å². The van der Waals surface area contributed by atoms with Crippen LogP contribution >= 0.6 is 0 Å². The van der Waals surface area contributed by atoms with Gasteiger partial charge in [-0.2, -0.15) is 4.31 Å². The first-order valence-corrected chi connectivity index (χ1v) is 10.0. The highest BCUT2D eigenvalue weighted by molar-refractivity contribution is 7.89. The molecule has 0 aliphatic carbocycles. The third kappa shape index (κ3) is 3.93. The third-order valence-corrected chi connectivity index (χ3v) is 6.32. The molecule has 0 atom stereocenters. The van der Waals surface area contributed by atoms with Crippen LogP contribution in [0.4, 0.5) is 5.69 Å². The van der Waals surface area contributed by atoms with Crippen molar-refractivity contribution in [1.29, 1.82) is 0 Å². The Hall–Kier alpha value is -2.12. The van der Waals surface area contributed by atoms with E-state index in [9.17, 15) is 13.2 Å². The number of piperidine rings is 1. The number of aromatic amines is 1. The summed E-state index contributed by atoms with van der Waals surface area (Å²) in [5, 5.41) is 2.80. The van der Waals surface area contributed by atoms with Gasteiger partial charge in [0.05, 0.1) is 0 Å². The molecule has 7 heteroatoms. The number of benzene rings is 1. The lowest BCUT2D eigenvalue weighted by atomic mass is 10.1. The number of rotatable bonds is 5. The van der Waals surface area contributed by atoms with E-state index < -0.39 is 10.0 Å². The van der Waals surface area contributed by atoms with Gasteiger partial charge in [-0.3, -0.25) is 4.79 Å². The van der Waals surface area contributed by atoms with Gasteiger partial charge in [-0.05, 0) is 43.0 Å². The van der Waals surface area contributed by atoms with E-state index >= 15 is 0 Å². The minimum absolute atomic E-state index is 0.141. The monoisotopic (exact) mass is 361 g/mol. The molecule has 1 aliphatic rings. The van der Waals surface area contributed by atoms with Gasteiger partial charge in [0.15, 0.2) is 0 Å². The molecule has 1 aromatic heterocycles. The Morgan fingerprint density at radius 3 is 2.68 bits per heavy atom. The maximum atomic E-state index is 12.6. The normalized spacial score (nSPS) is 15.9. The van der Waals surface area contributed by atoms with Gasteiger partial charge in [0, 0.05) is 25.0 Å². The van der Waals surface area contributed by atoms with E-state index in [-0.39, 0.29) is 16.5 Å². The first-order chi connectivity index (χ1) is 12.0. The van der Waals surface area contributed by atoms with Gasteiger partial charge in [0.2, 0.25) is 10.0 Å². The molecule has 2 N–H and O–H groups in total. The van der Waals surface area contributed by atoms with Crippen LogP contribution in [0, 0.1) is 0 Å². The van der Waals surface area contributed by atoms with E-state index in [1.807, 2.05) is 31.2 Å². The maximum absolute atomic E-state index is 12.6. The minimum atomic E-state index is -3.54. The fraction of sp³-hybridized carbons (Fsp3) is 0.389. The molecule has 1 aliphatic heterocycles. The van der Waals surface area contributed by atoms with Crippen LogP contribution in [0.15, 0.2) is 41.4 Å². The number of carbonyl (C=O) groups excluding carboxylic acids is 1. The van der Waals surface area contributed by atoms with E-state index in [2.05, 4.69) is 10.3 Å². The second-order valence-electron chi connectivity index (χ2n) is 6.22. The summed E-state index contributed by atoms with van der Waals surface area (Å²) in [6, 6.07) is 9.00. The van der Waals surface area contributed by atoms with E-state index in [1.165, 1.54) is 16.6 Å². The largest absolute Gasteiger partial charge is 0.356 e. The lowest BCUT2D eigenvalue weighted by Crippen LogP contribution is -2.35. The number of anilines is 1. The molecule has 2 aromatic rings. The number of nitrogens with zero attached hydrogens (tertiary/aromatic N) is 1. The van der Waals surface area contributed by atoms with E-state index in [1.54, 1.807) is 0 Å². The van der Waals surface area contributed by atoms with Crippen LogP contribution in [-0.2, 0) is 16.4 Å². The van der Waals surface area contributed by atoms with Gasteiger partial charge < -0.3 is 10.3 Å². The SMILES string of the molecule is CCc1cccc(NC(=O)c2cc(S(=O)(=O)N3CCCCC3)c[nH]2)c1. The minimum Gasteiger partial charge on any atom is -0.356 e. The zero-order valence-electron chi connectivity index (χ0n) is 14.3. The summed E-state index contributed by atoms with van der Waals surface area (Å²) in [5.74, 6) is -0.353. The molecule has 1 saturated heterocycles. The summed E-state index contributed by atoms with van der Waals surface area (Å²) in [7, 11) is -3.54. The first kappa shape index (κ1) is 17.7. The zero-order chi connectivity index (χ0) is 17.9. The molecule has 0 saturated carbocycles. The average molecular weight is 361 g/mol. The predicted molar refractivity (Wildman–Crippen MR) is 97.2 cm³/mol. The summed E-state index contributed by atoms with van der Waals surface area (Å²) < 4.78 is 26.8. The van der Waals surface area contributed by atoms with Crippen molar-refractivity contribution in [2.75, 3.05) is 18.4 Å². The second kappa shape index (κ2) is 7.41. The number of H-pyrrole nitrogens is 1. The van der Waals surface area contributed by atoms with Gasteiger partial charge in [-0.15, -0.1) is 0 Å². The number of amides is 1. The van der Waals surface area contributed by atoms with Crippen LogP contribution in [-0.4, -0.2) is 36.7 Å². The molecule has 1 fully saturated rings. The highest BCUT2D eigenvalue weighted by Gasteiger charge is 2.27. The fourth-order valence-corrected chi connectivity index (χ4v) is 4.49. The number of hydrogen-bond acceptors (Lipinski definition) is 3. The number of sulfonamides is 1. The highest BCUT2D eigenvalue weighted by atomic mass is 32.2. The Bertz CT molecular complexity index is 852. The second-order valence-corrected chi connectivity index (χ2v) is 8.16. The van der Waals surface area contributed by atoms with Crippen molar-refractivity contribution in [2.45, 2.75) is 37.5 Å². The maximum Gasteiger partial charge on any atom is 0.272 e.